The molecule has 2 amide bonds. The van der Waals surface area contributed by atoms with Crippen molar-refractivity contribution in [3.05, 3.63) is 24.3 Å². The van der Waals surface area contributed by atoms with Gasteiger partial charge in [0, 0.05) is 50.4 Å². The van der Waals surface area contributed by atoms with E-state index in [0.717, 1.165) is 38.8 Å². The van der Waals surface area contributed by atoms with E-state index in [-0.39, 0.29) is 25.0 Å². The maximum absolute atomic E-state index is 11.5. The molecular formula is C27H53N4O6+. The van der Waals surface area contributed by atoms with Gasteiger partial charge in [0.1, 0.15) is 12.6 Å². The Bertz CT molecular complexity index is 686. The average Bonchev–Trinajstić information content (AvgIpc) is 2.80. The second kappa shape index (κ2) is 20.2. The second-order valence-corrected chi connectivity index (χ2v) is 10.5. The number of nitrogens with zero attached hydrogens (tertiary/aromatic N) is 2. The Hall–Kier alpha value is -1.82. The second-order valence-electron chi connectivity index (χ2n) is 10.5. The summed E-state index contributed by atoms with van der Waals surface area (Å²) in [6.45, 7) is 16.1. The van der Waals surface area contributed by atoms with Gasteiger partial charge in [-0.3, -0.25) is 9.59 Å². The van der Waals surface area contributed by atoms with Crippen molar-refractivity contribution in [3.8, 4) is 0 Å². The summed E-state index contributed by atoms with van der Waals surface area (Å²) in [6, 6.07) is 0. The first-order valence-corrected chi connectivity index (χ1v) is 13.2. The SMILES string of the molecule is C=C(C)C(=O)NCCCN(C)CC(O)COCCCCOCC(O)C[N+](C)(C)CCCNC(=O)C(=C)C. The normalized spacial score (nSPS) is 13.3. The summed E-state index contributed by atoms with van der Waals surface area (Å²) in [5.74, 6) is -0.252. The van der Waals surface area contributed by atoms with Gasteiger partial charge in [-0.15, -0.1) is 0 Å². The van der Waals surface area contributed by atoms with Gasteiger partial charge in [-0.05, 0) is 46.7 Å². The van der Waals surface area contributed by atoms with Crippen LogP contribution in [0.15, 0.2) is 24.3 Å². The highest BCUT2D eigenvalue weighted by molar-refractivity contribution is 5.92. The van der Waals surface area contributed by atoms with Crippen LogP contribution in [0, 0.1) is 0 Å². The number of amides is 2. The fourth-order valence-electron chi connectivity index (χ4n) is 3.63. The van der Waals surface area contributed by atoms with Crippen LogP contribution in [0.3, 0.4) is 0 Å². The predicted molar refractivity (Wildman–Crippen MR) is 147 cm³/mol. The number of quaternary nitrogens is 1. The van der Waals surface area contributed by atoms with E-state index in [1.54, 1.807) is 13.8 Å². The van der Waals surface area contributed by atoms with Gasteiger partial charge in [-0.1, -0.05) is 13.2 Å². The minimum absolute atomic E-state index is 0.123. The molecule has 0 radical (unpaired) electrons. The van der Waals surface area contributed by atoms with E-state index >= 15 is 0 Å². The minimum Gasteiger partial charge on any atom is -0.389 e. The molecule has 0 aromatic heterocycles. The van der Waals surface area contributed by atoms with Gasteiger partial charge in [-0.25, -0.2) is 0 Å². The van der Waals surface area contributed by atoms with E-state index in [0.29, 0.717) is 55.0 Å². The molecule has 216 valence electrons. The molecule has 4 N–H and O–H groups in total. The molecule has 2 atom stereocenters. The van der Waals surface area contributed by atoms with Gasteiger partial charge >= 0.3 is 0 Å². The third-order valence-electron chi connectivity index (χ3n) is 5.68. The van der Waals surface area contributed by atoms with Crippen LogP contribution in [0.4, 0.5) is 0 Å². The van der Waals surface area contributed by atoms with Crippen molar-refractivity contribution >= 4 is 11.8 Å². The van der Waals surface area contributed by atoms with Crippen LogP contribution in [0.25, 0.3) is 0 Å². The highest BCUT2D eigenvalue weighted by Gasteiger charge is 2.20. The van der Waals surface area contributed by atoms with Crippen LogP contribution >= 0.6 is 0 Å². The lowest BCUT2D eigenvalue weighted by atomic mass is 10.2. The zero-order chi connectivity index (χ0) is 28.3. The standard InChI is InChI=1S/C27H52N4O6/c1-22(2)26(34)28-12-10-14-30(5)18-24(32)20-36-16-8-9-17-37-21-25(33)19-31(6,7)15-11-13-29-27(35)23(3)4/h24-25,32-33H,1,3,8-21H2,2,4-7H3,(H-,28,29,34,35)/p+1. The van der Waals surface area contributed by atoms with Gasteiger partial charge in [0.2, 0.25) is 11.8 Å². The van der Waals surface area contributed by atoms with Crippen LogP contribution in [0.2, 0.25) is 0 Å². The highest BCUT2D eigenvalue weighted by Crippen LogP contribution is 2.03. The third kappa shape index (κ3) is 20.9. The number of rotatable bonds is 23. The molecule has 10 heteroatoms. The molecule has 0 aromatic carbocycles. The number of hydrogen-bond acceptors (Lipinski definition) is 7. The van der Waals surface area contributed by atoms with Gasteiger partial charge in [0.25, 0.3) is 0 Å². The molecule has 0 saturated heterocycles. The largest absolute Gasteiger partial charge is 0.389 e. The number of carbonyl (C=O) groups excluding carboxylic acids is 2. The smallest absolute Gasteiger partial charge is 0.246 e. The summed E-state index contributed by atoms with van der Waals surface area (Å²) in [5, 5.41) is 26.0. The van der Waals surface area contributed by atoms with Gasteiger partial charge in [-0.2, -0.15) is 0 Å². The first-order valence-electron chi connectivity index (χ1n) is 13.2. The van der Waals surface area contributed by atoms with Crippen LogP contribution < -0.4 is 10.6 Å². The fraction of sp³-hybridized carbons (Fsp3) is 0.778. The Labute approximate surface area is 224 Å². The monoisotopic (exact) mass is 529 g/mol. The summed E-state index contributed by atoms with van der Waals surface area (Å²) >= 11 is 0. The molecule has 0 aliphatic carbocycles. The maximum Gasteiger partial charge on any atom is 0.246 e. The van der Waals surface area contributed by atoms with Gasteiger partial charge in [0.05, 0.1) is 40.0 Å². The minimum atomic E-state index is -0.565. The predicted octanol–water partition coefficient (Wildman–Crippen LogP) is 0.695. The number of likely N-dealkylation sites (N-methyl/N-ethyl adjacent to an activating group) is 2. The molecule has 0 heterocycles. The van der Waals surface area contributed by atoms with Crippen LogP contribution in [-0.4, -0.2) is 130 Å². The Balaban J connectivity index is 3.71. The molecular weight excluding hydrogens is 476 g/mol. The van der Waals surface area contributed by atoms with Crippen molar-refractivity contribution in [2.24, 2.45) is 0 Å². The topological polar surface area (TPSA) is 120 Å². The summed E-state index contributed by atoms with van der Waals surface area (Å²) in [5.41, 5.74) is 1.00. The maximum atomic E-state index is 11.5. The first kappa shape index (κ1) is 35.2. The molecule has 0 spiro atoms. The lowest BCUT2D eigenvalue weighted by Gasteiger charge is -2.31. The van der Waals surface area contributed by atoms with Gasteiger partial charge in [0.15, 0.2) is 0 Å². The van der Waals surface area contributed by atoms with E-state index in [1.807, 2.05) is 11.9 Å². The number of ether oxygens (including phenoxy) is 2. The molecule has 0 aromatic rings. The summed E-state index contributed by atoms with van der Waals surface area (Å²) in [7, 11) is 6.04. The fourth-order valence-corrected chi connectivity index (χ4v) is 3.63. The number of aliphatic hydroxyl groups excluding tert-OH is 2. The molecule has 2 unspecified atom stereocenters. The highest BCUT2D eigenvalue weighted by atomic mass is 16.5. The zero-order valence-electron chi connectivity index (χ0n) is 23.9. The van der Waals surface area contributed by atoms with E-state index in [4.69, 9.17) is 9.47 Å². The Morgan fingerprint density at radius 1 is 0.865 bits per heavy atom. The number of carbonyl (C=O) groups is 2. The molecule has 0 rings (SSSR count). The van der Waals surface area contributed by atoms with E-state index in [1.165, 1.54) is 0 Å². The zero-order valence-corrected chi connectivity index (χ0v) is 23.9. The van der Waals surface area contributed by atoms with Crippen molar-refractivity contribution in [1.29, 1.82) is 0 Å². The number of aliphatic hydroxyl groups is 2. The number of nitrogens with one attached hydrogen (secondary N) is 2. The van der Waals surface area contributed by atoms with Gasteiger partial charge < -0.3 is 39.7 Å². The first-order chi connectivity index (χ1) is 17.3. The van der Waals surface area contributed by atoms with E-state index in [2.05, 4.69) is 37.9 Å². The van der Waals surface area contributed by atoms with Crippen molar-refractivity contribution in [2.75, 3.05) is 86.8 Å². The Kier molecular flexibility index (Phi) is 19.2. The third-order valence-corrected chi connectivity index (χ3v) is 5.68. The number of hydrogen-bond donors (Lipinski definition) is 4. The summed E-state index contributed by atoms with van der Waals surface area (Å²) in [6.07, 6.45) is 2.14. The van der Waals surface area contributed by atoms with Crippen LogP contribution in [-0.2, 0) is 19.1 Å². The lowest BCUT2D eigenvalue weighted by Crippen LogP contribution is -2.47. The molecule has 10 nitrogen and oxygen atoms in total. The number of unbranched alkanes of at least 4 members (excludes halogenated alkanes) is 1. The van der Waals surface area contributed by atoms with E-state index in [9.17, 15) is 19.8 Å². The molecule has 0 fully saturated rings. The van der Waals surface area contributed by atoms with Crippen molar-refractivity contribution < 1.29 is 33.8 Å². The van der Waals surface area contributed by atoms with Crippen molar-refractivity contribution in [1.82, 2.24) is 15.5 Å². The van der Waals surface area contributed by atoms with Crippen molar-refractivity contribution in [2.45, 2.75) is 51.7 Å². The Morgan fingerprint density at radius 2 is 1.35 bits per heavy atom. The van der Waals surface area contributed by atoms with Crippen molar-refractivity contribution in [3.63, 3.8) is 0 Å². The van der Waals surface area contributed by atoms with E-state index < -0.39 is 12.2 Å². The molecule has 0 aliphatic rings. The van der Waals surface area contributed by atoms with Crippen LogP contribution in [0.5, 0.6) is 0 Å². The molecule has 0 bridgehead atoms. The summed E-state index contributed by atoms with van der Waals surface area (Å²) < 4.78 is 11.8. The summed E-state index contributed by atoms with van der Waals surface area (Å²) in [4.78, 5) is 25.0. The Morgan fingerprint density at radius 3 is 1.86 bits per heavy atom. The molecule has 37 heavy (non-hydrogen) atoms. The van der Waals surface area contributed by atoms with Crippen LogP contribution in [0.1, 0.15) is 39.5 Å². The lowest BCUT2D eigenvalue weighted by molar-refractivity contribution is -0.893. The molecule has 0 saturated carbocycles. The quantitative estimate of drug-likeness (QED) is 0.0874. The average molecular weight is 530 g/mol. The molecule has 0 aliphatic heterocycles.